The number of rotatable bonds is 3. The second-order valence-corrected chi connectivity index (χ2v) is 8.34. The van der Waals surface area contributed by atoms with Crippen molar-refractivity contribution in [3.63, 3.8) is 0 Å². The van der Waals surface area contributed by atoms with Crippen LogP contribution in [-0.4, -0.2) is 29.4 Å². The molecule has 0 spiro atoms. The molecule has 0 saturated heterocycles. The van der Waals surface area contributed by atoms with Crippen molar-refractivity contribution in [2.75, 3.05) is 13.7 Å². The SMILES string of the molecule is CN(C(=O)c1cc(F)cc(-c2cccc(F)c2)c1)[C@H]1COCc2[nH]c(=O)c3cc(F)c(F)cc3c21. The number of hydrogen-bond acceptors (Lipinski definition) is 3. The zero-order valence-electron chi connectivity index (χ0n) is 18.4. The number of aromatic nitrogens is 1. The Balaban J connectivity index is 1.58. The van der Waals surface area contributed by atoms with Crippen LogP contribution in [0, 0.1) is 23.3 Å². The molecule has 4 aromatic rings. The van der Waals surface area contributed by atoms with E-state index in [1.807, 2.05) is 0 Å². The Morgan fingerprint density at radius 3 is 2.40 bits per heavy atom. The smallest absolute Gasteiger partial charge is 0.256 e. The molecule has 0 aliphatic carbocycles. The lowest BCUT2D eigenvalue weighted by atomic mass is 9.94. The summed E-state index contributed by atoms with van der Waals surface area (Å²) in [5.41, 5.74) is 0.861. The van der Waals surface area contributed by atoms with Crippen LogP contribution in [0.2, 0.25) is 0 Å². The summed E-state index contributed by atoms with van der Waals surface area (Å²) in [6.45, 7) is 0.0309. The number of carbonyl (C=O) groups excluding carboxylic acids is 1. The Hall–Kier alpha value is -3.98. The van der Waals surface area contributed by atoms with Crippen molar-refractivity contribution in [1.82, 2.24) is 9.88 Å². The molecule has 9 heteroatoms. The summed E-state index contributed by atoms with van der Waals surface area (Å²) >= 11 is 0. The summed E-state index contributed by atoms with van der Waals surface area (Å²) < 4.78 is 61.6. The monoisotopic (exact) mass is 482 g/mol. The van der Waals surface area contributed by atoms with E-state index in [1.54, 1.807) is 6.07 Å². The van der Waals surface area contributed by atoms with Gasteiger partial charge in [-0.2, -0.15) is 0 Å². The summed E-state index contributed by atoms with van der Waals surface area (Å²) in [4.78, 5) is 29.8. The topological polar surface area (TPSA) is 62.4 Å². The van der Waals surface area contributed by atoms with E-state index in [0.29, 0.717) is 22.4 Å². The van der Waals surface area contributed by atoms with Gasteiger partial charge in [0.25, 0.3) is 11.5 Å². The van der Waals surface area contributed by atoms with Crippen LogP contribution >= 0.6 is 0 Å². The van der Waals surface area contributed by atoms with E-state index >= 15 is 0 Å². The minimum atomic E-state index is -1.17. The van der Waals surface area contributed by atoms with Gasteiger partial charge in [0.2, 0.25) is 0 Å². The van der Waals surface area contributed by atoms with Crippen LogP contribution in [0.5, 0.6) is 0 Å². The number of hydrogen-bond donors (Lipinski definition) is 1. The van der Waals surface area contributed by atoms with Gasteiger partial charge in [-0.05, 0) is 59.0 Å². The highest BCUT2D eigenvalue weighted by Gasteiger charge is 2.31. The Morgan fingerprint density at radius 1 is 0.943 bits per heavy atom. The number of likely N-dealkylation sites (N-methyl/N-ethyl adjacent to an activating group) is 1. The fraction of sp³-hybridized carbons (Fsp3) is 0.154. The minimum Gasteiger partial charge on any atom is -0.373 e. The quantitative estimate of drug-likeness (QED) is 0.414. The number of aromatic amines is 1. The van der Waals surface area contributed by atoms with Crippen molar-refractivity contribution in [3.8, 4) is 11.1 Å². The predicted molar refractivity (Wildman–Crippen MR) is 121 cm³/mol. The fourth-order valence-corrected chi connectivity index (χ4v) is 4.44. The number of nitrogens with zero attached hydrogens (tertiary/aromatic N) is 1. The van der Waals surface area contributed by atoms with Gasteiger partial charge in [-0.1, -0.05) is 12.1 Å². The van der Waals surface area contributed by atoms with E-state index < -0.39 is 40.8 Å². The lowest BCUT2D eigenvalue weighted by Crippen LogP contribution is -2.37. The van der Waals surface area contributed by atoms with Crippen molar-refractivity contribution >= 4 is 16.7 Å². The second kappa shape index (κ2) is 8.66. The van der Waals surface area contributed by atoms with Crippen LogP contribution in [-0.2, 0) is 11.3 Å². The van der Waals surface area contributed by atoms with Crippen LogP contribution in [0.4, 0.5) is 17.6 Å². The minimum absolute atomic E-state index is 0.00448. The average Bonchev–Trinajstić information content (AvgIpc) is 2.83. The Kier molecular flexibility index (Phi) is 5.64. The number of benzene rings is 3. The molecule has 1 amide bonds. The molecule has 0 saturated carbocycles. The number of ether oxygens (including phenoxy) is 1. The summed E-state index contributed by atoms with van der Waals surface area (Å²) in [5.74, 6) is -4.06. The molecule has 178 valence electrons. The molecule has 3 aromatic carbocycles. The molecule has 1 aliphatic heterocycles. The lowest BCUT2D eigenvalue weighted by Gasteiger charge is -2.34. The van der Waals surface area contributed by atoms with E-state index in [2.05, 4.69) is 4.98 Å². The fourth-order valence-electron chi connectivity index (χ4n) is 4.44. The maximum absolute atomic E-state index is 14.4. The number of nitrogens with one attached hydrogen (secondary N) is 1. The third-order valence-corrected chi connectivity index (χ3v) is 6.13. The van der Waals surface area contributed by atoms with E-state index in [4.69, 9.17) is 4.74 Å². The number of carbonyl (C=O) groups is 1. The van der Waals surface area contributed by atoms with Crippen molar-refractivity contribution < 1.29 is 27.1 Å². The molecule has 2 heterocycles. The molecular formula is C26H18F4N2O3. The van der Waals surface area contributed by atoms with Crippen molar-refractivity contribution in [1.29, 1.82) is 0 Å². The zero-order chi connectivity index (χ0) is 24.9. The first-order chi connectivity index (χ1) is 16.7. The molecule has 0 unspecified atom stereocenters. The molecule has 5 nitrogen and oxygen atoms in total. The molecule has 1 atom stereocenters. The maximum atomic E-state index is 14.4. The van der Waals surface area contributed by atoms with Gasteiger partial charge in [0.05, 0.1) is 24.6 Å². The number of amides is 1. The van der Waals surface area contributed by atoms with Gasteiger partial charge < -0.3 is 14.6 Å². The Morgan fingerprint density at radius 2 is 1.66 bits per heavy atom. The van der Waals surface area contributed by atoms with Crippen LogP contribution in [0.3, 0.4) is 0 Å². The van der Waals surface area contributed by atoms with Crippen LogP contribution in [0.1, 0.15) is 27.7 Å². The summed E-state index contributed by atoms with van der Waals surface area (Å²) in [6.07, 6.45) is 0. The van der Waals surface area contributed by atoms with Gasteiger partial charge in [-0.25, -0.2) is 17.6 Å². The number of H-pyrrole nitrogens is 1. The summed E-state index contributed by atoms with van der Waals surface area (Å²) in [6, 6.07) is 10.2. The molecule has 1 aliphatic rings. The number of halogens is 4. The standard InChI is InChI=1S/C26H18F4N2O3/c1-32(26(34)15-5-14(7-17(28)8-15)13-3-2-4-16(27)6-13)23-12-35-11-22-24(23)18-9-20(29)21(30)10-19(18)25(33)31-22/h2-10,23H,11-12H2,1H3,(H,31,33)/t23-/m0/s1. The highest BCUT2D eigenvalue weighted by atomic mass is 19.2. The summed E-state index contributed by atoms with van der Waals surface area (Å²) in [7, 11) is 1.47. The molecule has 1 aromatic heterocycles. The van der Waals surface area contributed by atoms with Crippen LogP contribution < -0.4 is 5.56 Å². The third-order valence-electron chi connectivity index (χ3n) is 6.13. The first-order valence-corrected chi connectivity index (χ1v) is 10.7. The zero-order valence-corrected chi connectivity index (χ0v) is 18.4. The number of fused-ring (bicyclic) bond motifs is 3. The molecule has 0 radical (unpaired) electrons. The normalized spacial score (nSPS) is 15.2. The van der Waals surface area contributed by atoms with Crippen LogP contribution in [0.15, 0.2) is 59.4 Å². The van der Waals surface area contributed by atoms with Crippen molar-refractivity contribution in [2.24, 2.45) is 0 Å². The molecule has 35 heavy (non-hydrogen) atoms. The van der Waals surface area contributed by atoms with E-state index in [1.165, 1.54) is 42.3 Å². The lowest BCUT2D eigenvalue weighted by molar-refractivity contribution is 0.0335. The van der Waals surface area contributed by atoms with Gasteiger partial charge in [0.1, 0.15) is 11.6 Å². The third kappa shape index (κ3) is 4.08. The highest BCUT2D eigenvalue weighted by molar-refractivity contribution is 5.96. The molecular weight excluding hydrogens is 464 g/mol. The molecule has 0 fully saturated rings. The van der Waals surface area contributed by atoms with E-state index in [9.17, 15) is 27.2 Å². The summed E-state index contributed by atoms with van der Waals surface area (Å²) in [5, 5.41) is 0.102. The second-order valence-electron chi connectivity index (χ2n) is 8.34. The van der Waals surface area contributed by atoms with E-state index in [-0.39, 0.29) is 29.5 Å². The van der Waals surface area contributed by atoms with Gasteiger partial charge in [-0.15, -0.1) is 0 Å². The average molecular weight is 482 g/mol. The first-order valence-electron chi connectivity index (χ1n) is 10.7. The molecule has 1 N–H and O–H groups in total. The van der Waals surface area contributed by atoms with Crippen molar-refractivity contribution in [3.05, 3.63) is 105 Å². The highest BCUT2D eigenvalue weighted by Crippen LogP contribution is 2.34. The van der Waals surface area contributed by atoms with E-state index in [0.717, 1.165) is 18.2 Å². The predicted octanol–water partition coefficient (Wildman–Crippen LogP) is 5.10. The maximum Gasteiger partial charge on any atom is 0.256 e. The Labute approximate surface area is 196 Å². The first kappa shape index (κ1) is 22.8. The van der Waals surface area contributed by atoms with Gasteiger partial charge in [0.15, 0.2) is 11.6 Å². The largest absolute Gasteiger partial charge is 0.373 e. The Bertz CT molecular complexity index is 1550. The van der Waals surface area contributed by atoms with Gasteiger partial charge >= 0.3 is 0 Å². The van der Waals surface area contributed by atoms with Gasteiger partial charge in [-0.3, -0.25) is 9.59 Å². The van der Waals surface area contributed by atoms with Crippen LogP contribution in [0.25, 0.3) is 21.9 Å². The number of pyridine rings is 1. The van der Waals surface area contributed by atoms with Gasteiger partial charge in [0, 0.05) is 23.9 Å². The van der Waals surface area contributed by atoms with Crippen molar-refractivity contribution in [2.45, 2.75) is 12.6 Å². The molecule has 5 rings (SSSR count). The molecule has 0 bridgehead atoms.